The number of rotatable bonds is 9. The lowest BCUT2D eigenvalue weighted by Crippen LogP contribution is -2.38. The van der Waals surface area contributed by atoms with E-state index in [-0.39, 0.29) is 20.8 Å². The highest BCUT2D eigenvalue weighted by molar-refractivity contribution is 6.35. The standard InChI is InChI=1S/C14H20NO2.C9H7F3O2.C4H9.C2H6.Al.H/c1-5-12-11-9-14(17-4)13(16-3)8-10(11)6-7-15(12)2;10-9(11,12)7(8(13)14)6-4-2-1-3-5-6;1-4(2)3;1-2;;/h8-9,12H,2,5-7H2,1,3-4H3;1-5,7H,(H,13,14);4H,1H2,2-3H3;1-2H3;;/t12-;;;;;/m0...../s1. The Morgan fingerprint density at radius 3 is 2.16 bits per heavy atom. The third-order valence-corrected chi connectivity index (χ3v) is 8.89. The number of methoxy groups -OCH3 is 2. The molecule has 1 N–H and O–H groups in total. The highest BCUT2D eigenvalue weighted by Gasteiger charge is 2.46. The van der Waals surface area contributed by atoms with Crippen molar-refractivity contribution in [3.63, 3.8) is 0 Å². The molecule has 5 nitrogen and oxygen atoms in total. The van der Waals surface area contributed by atoms with Gasteiger partial charge in [0.15, 0.2) is 17.4 Å². The van der Waals surface area contributed by atoms with Crippen molar-refractivity contribution in [2.45, 2.75) is 70.9 Å². The second-order valence-corrected chi connectivity index (χ2v) is 11.1. The Morgan fingerprint density at radius 2 is 1.68 bits per heavy atom. The topological polar surface area (TPSA) is 59.0 Å². The van der Waals surface area contributed by atoms with Crippen LogP contribution in [0.5, 0.6) is 11.5 Å². The largest absolute Gasteiger partial charge is 0.493 e. The number of carboxylic acids is 1. The summed E-state index contributed by atoms with van der Waals surface area (Å²) in [5.41, 5.74) is 2.63. The molecule has 1 unspecified atom stereocenters. The number of hydrogen-bond donors (Lipinski definition) is 1. The first kappa shape index (κ1) is 33.8. The average molecular weight is 554 g/mol. The fraction of sp³-hybridized carbons (Fsp3) is 0.552. The second kappa shape index (κ2) is 16.7. The van der Waals surface area contributed by atoms with Crippen LogP contribution in [0.3, 0.4) is 0 Å². The molecular weight excluding hydrogens is 510 g/mol. The molecule has 1 heterocycles. The molecule has 9 heteroatoms. The molecule has 0 aliphatic carbocycles. The third-order valence-electron chi connectivity index (χ3n) is 6.43. The number of benzene rings is 2. The SMILES string of the molecule is CC.CC[C@H]1c2cc(OC)c(OC)cc2CCN1[CH2][AlH][CH2]C(C)C.O=C(O)C(c1ccccc1)C(F)(F)F. The van der Waals surface area contributed by atoms with Crippen molar-refractivity contribution in [1.82, 2.24) is 4.90 Å². The minimum absolute atomic E-state index is 0.0205. The maximum Gasteiger partial charge on any atom is 0.406 e. The summed E-state index contributed by atoms with van der Waals surface area (Å²) in [6.45, 7) is 12.2. The van der Waals surface area contributed by atoms with E-state index in [1.54, 1.807) is 14.2 Å². The van der Waals surface area contributed by atoms with Crippen molar-refractivity contribution < 1.29 is 32.5 Å². The average Bonchev–Trinajstić information content (AvgIpc) is 2.88. The van der Waals surface area contributed by atoms with E-state index in [4.69, 9.17) is 14.6 Å². The highest BCUT2D eigenvalue weighted by Crippen LogP contribution is 2.39. The summed E-state index contributed by atoms with van der Waals surface area (Å²) in [6.07, 6.45) is -2.46. The summed E-state index contributed by atoms with van der Waals surface area (Å²) in [4.78, 5) is 13.1. The van der Waals surface area contributed by atoms with Gasteiger partial charge in [0.2, 0.25) is 0 Å². The van der Waals surface area contributed by atoms with E-state index >= 15 is 0 Å². The van der Waals surface area contributed by atoms with Crippen LogP contribution in [0.1, 0.15) is 69.7 Å². The summed E-state index contributed by atoms with van der Waals surface area (Å²) in [6, 6.07) is 11.5. The molecule has 2 atom stereocenters. The smallest absolute Gasteiger partial charge is 0.406 e. The number of aliphatic carboxylic acids is 1. The molecular formula is C29H43AlF3NO4. The number of fused-ring (bicyclic) bond motifs is 1. The molecule has 0 saturated carbocycles. The summed E-state index contributed by atoms with van der Waals surface area (Å²) >= 11 is 0.0205. The van der Waals surface area contributed by atoms with Gasteiger partial charge in [0.25, 0.3) is 15.2 Å². The Kier molecular flexibility index (Phi) is 14.9. The van der Waals surface area contributed by atoms with E-state index in [0.717, 1.165) is 36.0 Å². The molecule has 3 rings (SSSR count). The first-order chi connectivity index (χ1) is 18.0. The Labute approximate surface area is 232 Å². The van der Waals surface area contributed by atoms with Crippen molar-refractivity contribution in [2.24, 2.45) is 5.92 Å². The molecule has 1 aliphatic heterocycles. The minimum atomic E-state index is -4.76. The minimum Gasteiger partial charge on any atom is -0.493 e. The van der Waals surface area contributed by atoms with Crippen LogP contribution in [0.4, 0.5) is 13.2 Å². The Balaban J connectivity index is 0.000000389. The molecule has 2 aromatic carbocycles. The van der Waals surface area contributed by atoms with Crippen LogP contribution >= 0.6 is 0 Å². The number of halogens is 3. The maximum absolute atomic E-state index is 12.3. The molecule has 38 heavy (non-hydrogen) atoms. The summed E-state index contributed by atoms with van der Waals surface area (Å²) in [5, 5.41) is 11.2. The van der Waals surface area contributed by atoms with Crippen LogP contribution < -0.4 is 9.47 Å². The van der Waals surface area contributed by atoms with Gasteiger partial charge in [-0.25, -0.2) is 0 Å². The number of nitrogens with zero attached hydrogens (tertiary/aromatic N) is 1. The van der Waals surface area contributed by atoms with Crippen LogP contribution in [0, 0.1) is 5.92 Å². The lowest BCUT2D eigenvalue weighted by Gasteiger charge is -2.37. The van der Waals surface area contributed by atoms with Gasteiger partial charge in [-0.3, -0.25) is 4.79 Å². The zero-order valence-electron chi connectivity index (χ0n) is 23.8. The number of carbonyl (C=O) groups is 1. The van der Waals surface area contributed by atoms with E-state index in [9.17, 15) is 18.0 Å². The number of alkyl halides is 3. The maximum atomic E-state index is 12.3. The zero-order chi connectivity index (χ0) is 28.9. The molecule has 0 fully saturated rings. The van der Waals surface area contributed by atoms with Gasteiger partial charge in [0.1, 0.15) is 0 Å². The summed E-state index contributed by atoms with van der Waals surface area (Å²) in [7, 11) is 3.44. The number of hydrogen-bond acceptors (Lipinski definition) is 4. The van der Waals surface area contributed by atoms with E-state index in [0.29, 0.717) is 6.04 Å². The molecule has 2 aromatic rings. The summed E-state index contributed by atoms with van der Waals surface area (Å²) in [5.74, 6) is -1.75. The molecule has 0 spiro atoms. The van der Waals surface area contributed by atoms with Gasteiger partial charge in [-0.15, -0.1) is 0 Å². The van der Waals surface area contributed by atoms with Crippen molar-refractivity contribution in [3.05, 3.63) is 59.2 Å². The highest BCUT2D eigenvalue weighted by atomic mass is 27.1. The van der Waals surface area contributed by atoms with Crippen LogP contribution in [0.2, 0.25) is 5.28 Å². The van der Waals surface area contributed by atoms with Gasteiger partial charge in [0, 0.05) is 12.6 Å². The van der Waals surface area contributed by atoms with Gasteiger partial charge in [0.05, 0.1) is 14.2 Å². The van der Waals surface area contributed by atoms with E-state index in [1.807, 2.05) is 13.8 Å². The molecule has 1 aliphatic rings. The second-order valence-electron chi connectivity index (χ2n) is 9.38. The van der Waals surface area contributed by atoms with Crippen LogP contribution in [-0.2, 0) is 11.2 Å². The molecule has 0 radical (unpaired) electrons. The molecule has 0 saturated heterocycles. The normalized spacial score (nSPS) is 15.7. The quantitative estimate of drug-likeness (QED) is 0.342. The predicted octanol–water partition coefficient (Wildman–Crippen LogP) is 6.92. The number of carboxylic acid groups (broad SMARTS) is 1. The monoisotopic (exact) mass is 553 g/mol. The fourth-order valence-corrected chi connectivity index (χ4v) is 6.59. The van der Waals surface area contributed by atoms with Crippen molar-refractivity contribution >= 4 is 21.2 Å². The zero-order valence-corrected chi connectivity index (χ0v) is 25.2. The predicted molar refractivity (Wildman–Crippen MR) is 149 cm³/mol. The van der Waals surface area contributed by atoms with Gasteiger partial charge < -0.3 is 19.5 Å². The van der Waals surface area contributed by atoms with Crippen LogP contribution in [0.15, 0.2) is 42.5 Å². The lowest BCUT2D eigenvalue weighted by molar-refractivity contribution is -0.176. The lowest BCUT2D eigenvalue weighted by atomic mass is 9.91. The molecule has 0 aromatic heterocycles. The number of ether oxygens (including phenoxy) is 2. The third kappa shape index (κ3) is 9.83. The van der Waals surface area contributed by atoms with E-state index < -0.39 is 18.1 Å². The van der Waals surface area contributed by atoms with E-state index in [2.05, 4.69) is 37.8 Å². The molecule has 0 amide bonds. The Hall–Kier alpha value is -2.21. The van der Waals surface area contributed by atoms with Gasteiger partial charge in [-0.05, 0) is 41.7 Å². The molecule has 212 valence electrons. The van der Waals surface area contributed by atoms with Crippen LogP contribution in [0.25, 0.3) is 0 Å². The molecule has 0 bridgehead atoms. The van der Waals surface area contributed by atoms with Crippen LogP contribution in [-0.4, -0.2) is 63.5 Å². The Bertz CT molecular complexity index is 970. The van der Waals surface area contributed by atoms with Crippen molar-refractivity contribution in [3.8, 4) is 11.5 Å². The van der Waals surface area contributed by atoms with Crippen molar-refractivity contribution in [2.75, 3.05) is 26.2 Å². The fourth-order valence-electron chi connectivity index (χ4n) is 4.65. The summed E-state index contributed by atoms with van der Waals surface area (Å²) < 4.78 is 47.8. The van der Waals surface area contributed by atoms with Gasteiger partial charge in [-0.1, -0.05) is 81.6 Å². The first-order valence-electron chi connectivity index (χ1n) is 13.4. The van der Waals surface area contributed by atoms with Gasteiger partial charge >= 0.3 is 12.1 Å². The van der Waals surface area contributed by atoms with Gasteiger partial charge in [-0.2, -0.15) is 13.2 Å². The Morgan fingerprint density at radius 1 is 1.11 bits per heavy atom. The van der Waals surface area contributed by atoms with Crippen molar-refractivity contribution in [1.29, 1.82) is 0 Å². The van der Waals surface area contributed by atoms with E-state index in [1.165, 1.54) is 53.0 Å². The first-order valence-corrected chi connectivity index (χ1v) is 15.4.